The Labute approximate surface area is 210 Å². The Morgan fingerprint density at radius 2 is 1.49 bits per heavy atom. The van der Waals surface area contributed by atoms with E-state index in [0.717, 1.165) is 6.42 Å². The minimum Gasteiger partial charge on any atom is -0.0616 e. The van der Waals surface area contributed by atoms with Crippen LogP contribution in [0.1, 0.15) is 93.3 Å². The summed E-state index contributed by atoms with van der Waals surface area (Å²) in [4.78, 5) is 0. The Hall–Kier alpha value is -3.12. The molecule has 35 heavy (non-hydrogen) atoms. The van der Waals surface area contributed by atoms with Crippen molar-refractivity contribution in [3.8, 4) is 11.1 Å². The van der Waals surface area contributed by atoms with Gasteiger partial charge in [-0.05, 0) is 85.0 Å². The molecule has 0 saturated heterocycles. The maximum absolute atomic E-state index is 2.47. The van der Waals surface area contributed by atoms with Crippen molar-refractivity contribution in [2.75, 3.05) is 0 Å². The summed E-state index contributed by atoms with van der Waals surface area (Å²) < 4.78 is 0. The molecule has 176 valence electrons. The van der Waals surface area contributed by atoms with Gasteiger partial charge in [0.05, 0.1) is 0 Å². The molecular weight excluding hydrogens is 420 g/mol. The van der Waals surface area contributed by atoms with Crippen LogP contribution in [0.5, 0.6) is 0 Å². The molecule has 4 aromatic carbocycles. The number of fused-ring (bicyclic) bond motifs is 6. The van der Waals surface area contributed by atoms with E-state index in [1.165, 1.54) is 60.9 Å². The van der Waals surface area contributed by atoms with Crippen LogP contribution in [0.25, 0.3) is 28.0 Å². The third kappa shape index (κ3) is 3.41. The van der Waals surface area contributed by atoms with Crippen molar-refractivity contribution in [1.29, 1.82) is 0 Å². The van der Waals surface area contributed by atoms with Gasteiger partial charge in [-0.25, -0.2) is 0 Å². The number of benzene rings is 4. The van der Waals surface area contributed by atoms with Crippen LogP contribution in [0.4, 0.5) is 0 Å². The monoisotopic (exact) mass is 456 g/mol. The van der Waals surface area contributed by atoms with Crippen LogP contribution in [-0.2, 0) is 17.3 Å². The van der Waals surface area contributed by atoms with Crippen LogP contribution >= 0.6 is 0 Å². The van der Waals surface area contributed by atoms with Gasteiger partial charge in [-0.15, -0.1) is 0 Å². The highest BCUT2D eigenvalue weighted by Gasteiger charge is 2.35. The van der Waals surface area contributed by atoms with E-state index in [2.05, 4.69) is 121 Å². The largest absolute Gasteiger partial charge is 0.0616 e. The molecule has 0 heterocycles. The van der Waals surface area contributed by atoms with Crippen molar-refractivity contribution in [2.24, 2.45) is 0 Å². The molecule has 0 radical (unpaired) electrons. The molecule has 0 amide bonds. The number of rotatable bonds is 1. The molecule has 0 heteroatoms. The Morgan fingerprint density at radius 3 is 2.23 bits per heavy atom. The van der Waals surface area contributed by atoms with Gasteiger partial charge in [0.1, 0.15) is 0 Å². The second kappa shape index (κ2) is 7.44. The van der Waals surface area contributed by atoms with Gasteiger partial charge in [-0.3, -0.25) is 0 Å². The van der Waals surface area contributed by atoms with Gasteiger partial charge in [-0.2, -0.15) is 0 Å². The van der Waals surface area contributed by atoms with Gasteiger partial charge in [0.15, 0.2) is 0 Å². The van der Waals surface area contributed by atoms with Gasteiger partial charge < -0.3 is 0 Å². The summed E-state index contributed by atoms with van der Waals surface area (Å²) in [7, 11) is 0. The van der Waals surface area contributed by atoms with Crippen molar-refractivity contribution >= 4 is 16.8 Å². The first kappa shape index (κ1) is 22.4. The average molecular weight is 457 g/mol. The quantitative estimate of drug-likeness (QED) is 0.235. The van der Waals surface area contributed by atoms with Crippen LogP contribution in [0.15, 0.2) is 72.3 Å². The first-order valence-corrected chi connectivity index (χ1v) is 13.0. The lowest BCUT2D eigenvalue weighted by Gasteiger charge is -2.30. The molecular formula is C35H36. The second-order valence-electron chi connectivity index (χ2n) is 12.7. The summed E-state index contributed by atoms with van der Waals surface area (Å²) in [5.41, 5.74) is 14.9. The third-order valence-corrected chi connectivity index (χ3v) is 8.23. The summed E-state index contributed by atoms with van der Waals surface area (Å²) in [5, 5.41) is 2.70. The zero-order valence-electron chi connectivity index (χ0n) is 22.2. The maximum atomic E-state index is 2.47. The highest BCUT2D eigenvalue weighted by molar-refractivity contribution is 5.95. The van der Waals surface area contributed by atoms with Gasteiger partial charge in [0.2, 0.25) is 0 Å². The van der Waals surface area contributed by atoms with Crippen LogP contribution in [0, 0.1) is 0 Å². The molecule has 1 atom stereocenters. The Balaban J connectivity index is 1.59. The van der Waals surface area contributed by atoms with E-state index in [-0.39, 0.29) is 10.8 Å². The fourth-order valence-corrected chi connectivity index (χ4v) is 6.42. The maximum Gasteiger partial charge on any atom is 0.0311 e. The lowest BCUT2D eigenvalue weighted by Crippen LogP contribution is -2.18. The Morgan fingerprint density at radius 1 is 0.743 bits per heavy atom. The molecule has 0 aliphatic heterocycles. The fraction of sp³-hybridized carbons (Fsp3) is 0.314. The molecule has 0 N–H and O–H groups in total. The van der Waals surface area contributed by atoms with Crippen molar-refractivity contribution in [3.63, 3.8) is 0 Å². The van der Waals surface area contributed by atoms with Crippen LogP contribution < -0.4 is 0 Å². The predicted octanol–water partition coefficient (Wildman–Crippen LogP) is 9.55. The molecule has 0 nitrogen and oxygen atoms in total. The zero-order valence-corrected chi connectivity index (χ0v) is 22.2. The first-order chi connectivity index (χ1) is 16.5. The summed E-state index contributed by atoms with van der Waals surface area (Å²) in [6.07, 6.45) is 3.48. The van der Waals surface area contributed by atoms with E-state index in [0.29, 0.717) is 5.92 Å². The van der Waals surface area contributed by atoms with Crippen molar-refractivity contribution in [2.45, 2.75) is 71.6 Å². The Bertz CT molecular complexity index is 1530. The molecule has 1 unspecified atom stereocenters. The van der Waals surface area contributed by atoms with Gasteiger partial charge in [0.25, 0.3) is 0 Å². The fourth-order valence-electron chi connectivity index (χ4n) is 6.42. The van der Waals surface area contributed by atoms with E-state index in [1.54, 1.807) is 5.56 Å². The SMILES string of the molecule is CC1=Cc2c(ccc3ccccc23)C1c1c(C(C)(C)C)ccc2c1Cc1cc(C(C)(C)C)ccc1-2. The normalized spacial score (nSPS) is 16.8. The van der Waals surface area contributed by atoms with Crippen LogP contribution in [0.2, 0.25) is 0 Å². The number of hydrogen-bond donors (Lipinski definition) is 0. The van der Waals surface area contributed by atoms with E-state index in [4.69, 9.17) is 0 Å². The summed E-state index contributed by atoms with van der Waals surface area (Å²) >= 11 is 0. The van der Waals surface area contributed by atoms with Crippen molar-refractivity contribution < 1.29 is 0 Å². The van der Waals surface area contributed by atoms with E-state index < -0.39 is 0 Å². The average Bonchev–Trinajstić information content (AvgIpc) is 3.34. The highest BCUT2D eigenvalue weighted by atomic mass is 14.4. The molecule has 0 aromatic heterocycles. The third-order valence-electron chi connectivity index (χ3n) is 8.23. The molecule has 6 rings (SSSR count). The number of allylic oxidation sites excluding steroid dienone is 1. The topological polar surface area (TPSA) is 0 Å². The van der Waals surface area contributed by atoms with Gasteiger partial charge in [0, 0.05) is 5.92 Å². The lowest BCUT2D eigenvalue weighted by molar-refractivity contribution is 0.580. The van der Waals surface area contributed by atoms with E-state index in [9.17, 15) is 0 Å². The highest BCUT2D eigenvalue weighted by Crippen LogP contribution is 2.51. The summed E-state index contributed by atoms with van der Waals surface area (Å²) in [5.74, 6) is 0.315. The smallest absolute Gasteiger partial charge is 0.0311 e. The molecule has 0 fully saturated rings. The first-order valence-electron chi connectivity index (χ1n) is 13.0. The minimum absolute atomic E-state index is 0.0790. The minimum atomic E-state index is 0.0790. The number of hydrogen-bond acceptors (Lipinski definition) is 0. The molecule has 2 aliphatic rings. The van der Waals surface area contributed by atoms with E-state index in [1.807, 2.05) is 0 Å². The van der Waals surface area contributed by atoms with Crippen molar-refractivity contribution in [3.05, 3.63) is 111 Å². The van der Waals surface area contributed by atoms with E-state index >= 15 is 0 Å². The zero-order chi connectivity index (χ0) is 24.7. The van der Waals surface area contributed by atoms with Crippen molar-refractivity contribution in [1.82, 2.24) is 0 Å². The summed E-state index contributed by atoms with van der Waals surface area (Å²) in [6, 6.07) is 25.5. The molecule has 0 bridgehead atoms. The second-order valence-corrected chi connectivity index (χ2v) is 12.7. The molecule has 0 spiro atoms. The van der Waals surface area contributed by atoms with Crippen LogP contribution in [-0.4, -0.2) is 0 Å². The molecule has 2 aliphatic carbocycles. The summed E-state index contributed by atoms with van der Waals surface area (Å²) in [6.45, 7) is 16.4. The predicted molar refractivity (Wildman–Crippen MR) is 152 cm³/mol. The molecule has 4 aromatic rings. The Kier molecular flexibility index (Phi) is 4.75. The van der Waals surface area contributed by atoms with Gasteiger partial charge in [-0.1, -0.05) is 120 Å². The van der Waals surface area contributed by atoms with Gasteiger partial charge >= 0.3 is 0 Å². The standard InChI is InChI=1S/C35H36/c1-21-18-29-25-11-9-8-10-22(25)12-14-28(29)32(21)33-30-20-23-19-24(34(2,3)4)13-15-26(23)27(30)16-17-31(33)35(5,6)7/h8-19,32H,20H2,1-7H3. The lowest BCUT2D eigenvalue weighted by atomic mass is 9.74. The molecule has 0 saturated carbocycles. The van der Waals surface area contributed by atoms with Crippen LogP contribution in [0.3, 0.4) is 0 Å².